The van der Waals surface area contributed by atoms with Gasteiger partial charge < -0.3 is 14.6 Å². The van der Waals surface area contributed by atoms with Crippen molar-refractivity contribution in [3.8, 4) is 0 Å². The molecule has 1 atom stereocenters. The van der Waals surface area contributed by atoms with Gasteiger partial charge in [0.05, 0.1) is 33.6 Å². The standard InChI is InChI=1S/C25H20BrCl2N3O3S/c1-31(2)24(32)14-6-4-13(5-7-14)22(35-15-8-9-17(27)18(28)10-15)20-12-19-16(23(26)30-20)11-21(29-19)25(33)34-3/h4-12,22,29H,1-3H3. The fraction of sp³-hybridized carbons (Fsp3) is 0.160. The monoisotopic (exact) mass is 591 g/mol. The van der Waals surface area contributed by atoms with Crippen LogP contribution in [0.15, 0.2) is 64.1 Å². The maximum Gasteiger partial charge on any atom is 0.354 e. The van der Waals surface area contributed by atoms with E-state index in [0.717, 1.165) is 27.1 Å². The van der Waals surface area contributed by atoms with Crippen molar-refractivity contribution < 1.29 is 14.3 Å². The van der Waals surface area contributed by atoms with E-state index in [9.17, 15) is 9.59 Å². The van der Waals surface area contributed by atoms with Gasteiger partial charge in [-0.2, -0.15) is 0 Å². The number of benzene rings is 2. The molecule has 6 nitrogen and oxygen atoms in total. The van der Waals surface area contributed by atoms with E-state index in [2.05, 4.69) is 20.9 Å². The molecular formula is C25H20BrCl2N3O3S. The summed E-state index contributed by atoms with van der Waals surface area (Å²) in [7, 11) is 4.77. The first-order chi connectivity index (χ1) is 16.7. The van der Waals surface area contributed by atoms with Crippen LogP contribution in [0.2, 0.25) is 10.0 Å². The number of amides is 1. The molecule has 0 spiro atoms. The number of pyridine rings is 1. The number of rotatable bonds is 6. The van der Waals surface area contributed by atoms with E-state index >= 15 is 0 Å². The minimum atomic E-state index is -0.461. The molecule has 0 bridgehead atoms. The Bertz CT molecular complexity index is 1420. The molecule has 4 rings (SSSR count). The van der Waals surface area contributed by atoms with Crippen LogP contribution < -0.4 is 0 Å². The largest absolute Gasteiger partial charge is 0.464 e. The maximum absolute atomic E-state index is 12.4. The molecule has 2 aromatic heterocycles. The molecule has 2 heterocycles. The Morgan fingerprint density at radius 1 is 1.06 bits per heavy atom. The molecule has 1 unspecified atom stereocenters. The van der Waals surface area contributed by atoms with Gasteiger partial charge in [0.2, 0.25) is 0 Å². The van der Waals surface area contributed by atoms with Gasteiger partial charge in [0, 0.05) is 29.9 Å². The molecule has 0 aliphatic rings. The molecule has 0 saturated heterocycles. The Morgan fingerprint density at radius 3 is 2.40 bits per heavy atom. The highest BCUT2D eigenvalue weighted by molar-refractivity contribution is 9.10. The number of hydrogen-bond donors (Lipinski definition) is 1. The lowest BCUT2D eigenvalue weighted by molar-refractivity contribution is 0.0595. The fourth-order valence-corrected chi connectivity index (χ4v) is 5.54. The molecule has 35 heavy (non-hydrogen) atoms. The van der Waals surface area contributed by atoms with Crippen LogP contribution in [0.1, 0.15) is 37.4 Å². The molecular weight excluding hydrogens is 573 g/mol. The minimum absolute atomic E-state index is 0.0748. The van der Waals surface area contributed by atoms with Gasteiger partial charge in [-0.3, -0.25) is 4.79 Å². The maximum atomic E-state index is 12.4. The molecule has 0 saturated carbocycles. The minimum Gasteiger partial charge on any atom is -0.464 e. The number of aromatic nitrogens is 2. The van der Waals surface area contributed by atoms with Crippen LogP contribution in [0, 0.1) is 0 Å². The van der Waals surface area contributed by atoms with Gasteiger partial charge in [0.1, 0.15) is 10.3 Å². The summed E-state index contributed by atoms with van der Waals surface area (Å²) in [4.78, 5) is 34.7. The predicted octanol–water partition coefficient (Wildman–Crippen LogP) is 7.00. The normalized spacial score (nSPS) is 11.9. The second-order valence-corrected chi connectivity index (χ2v) is 10.6. The first kappa shape index (κ1) is 25.6. The van der Waals surface area contributed by atoms with Crippen molar-refractivity contribution in [3.63, 3.8) is 0 Å². The molecule has 0 radical (unpaired) electrons. The topological polar surface area (TPSA) is 75.3 Å². The van der Waals surface area contributed by atoms with Gasteiger partial charge in [-0.15, -0.1) is 11.8 Å². The number of H-pyrrole nitrogens is 1. The third-order valence-electron chi connectivity index (χ3n) is 5.28. The highest BCUT2D eigenvalue weighted by Crippen LogP contribution is 2.42. The van der Waals surface area contributed by atoms with E-state index in [4.69, 9.17) is 32.9 Å². The molecule has 1 N–H and O–H groups in total. The average Bonchev–Trinajstić information content (AvgIpc) is 3.29. The fourth-order valence-electron chi connectivity index (χ4n) is 3.51. The van der Waals surface area contributed by atoms with Crippen LogP contribution in [0.5, 0.6) is 0 Å². The number of nitrogens with one attached hydrogen (secondary N) is 1. The Hall–Kier alpha value is -2.52. The van der Waals surface area contributed by atoms with Crippen LogP contribution in [0.25, 0.3) is 10.9 Å². The summed E-state index contributed by atoms with van der Waals surface area (Å²) in [6.07, 6.45) is 0. The third kappa shape index (κ3) is 5.51. The number of carbonyl (C=O) groups excluding carboxylic acids is 2. The molecule has 0 aliphatic carbocycles. The number of ether oxygens (including phenoxy) is 1. The lowest BCUT2D eigenvalue weighted by Crippen LogP contribution is -2.21. The summed E-state index contributed by atoms with van der Waals surface area (Å²) < 4.78 is 5.43. The van der Waals surface area contributed by atoms with Gasteiger partial charge in [-0.25, -0.2) is 9.78 Å². The molecule has 180 valence electrons. The van der Waals surface area contributed by atoms with Crippen molar-refractivity contribution >= 4 is 73.7 Å². The van der Waals surface area contributed by atoms with E-state index in [0.29, 0.717) is 25.9 Å². The highest BCUT2D eigenvalue weighted by Gasteiger charge is 2.22. The lowest BCUT2D eigenvalue weighted by atomic mass is 10.1. The van der Waals surface area contributed by atoms with Crippen molar-refractivity contribution in [3.05, 3.63) is 91.8 Å². The lowest BCUT2D eigenvalue weighted by Gasteiger charge is -2.19. The van der Waals surface area contributed by atoms with Crippen molar-refractivity contribution in [2.45, 2.75) is 10.1 Å². The Labute approximate surface area is 225 Å². The Balaban J connectivity index is 1.80. The number of halogens is 3. The summed E-state index contributed by atoms with van der Waals surface area (Å²) in [6.45, 7) is 0. The molecule has 0 fully saturated rings. The molecule has 10 heteroatoms. The summed E-state index contributed by atoms with van der Waals surface area (Å²) in [5.41, 5.74) is 3.35. The molecule has 1 amide bonds. The first-order valence-electron chi connectivity index (χ1n) is 10.4. The smallest absolute Gasteiger partial charge is 0.354 e. The third-order valence-corrected chi connectivity index (χ3v) is 7.89. The zero-order chi connectivity index (χ0) is 25.3. The van der Waals surface area contributed by atoms with E-state index in [1.807, 2.05) is 30.3 Å². The summed E-state index contributed by atoms with van der Waals surface area (Å²) in [5, 5.41) is 1.45. The van der Waals surface area contributed by atoms with Crippen LogP contribution in [-0.4, -0.2) is 47.9 Å². The van der Waals surface area contributed by atoms with E-state index in [1.165, 1.54) is 12.0 Å². The number of fused-ring (bicyclic) bond motifs is 1. The van der Waals surface area contributed by atoms with Gasteiger partial charge in [-0.05, 0) is 64.0 Å². The van der Waals surface area contributed by atoms with Crippen molar-refractivity contribution in [2.75, 3.05) is 21.2 Å². The highest BCUT2D eigenvalue weighted by atomic mass is 79.9. The zero-order valence-corrected chi connectivity index (χ0v) is 22.8. The second-order valence-electron chi connectivity index (χ2n) is 7.87. The van der Waals surface area contributed by atoms with Crippen molar-refractivity contribution in [2.24, 2.45) is 0 Å². The number of hydrogen-bond acceptors (Lipinski definition) is 5. The Morgan fingerprint density at radius 2 is 1.77 bits per heavy atom. The number of carbonyl (C=O) groups is 2. The number of aromatic amines is 1. The van der Waals surface area contributed by atoms with E-state index in [1.54, 1.807) is 50.1 Å². The molecule has 2 aromatic carbocycles. The molecule has 0 aliphatic heterocycles. The number of esters is 1. The quantitative estimate of drug-likeness (QED) is 0.148. The van der Waals surface area contributed by atoms with Crippen molar-refractivity contribution in [1.29, 1.82) is 0 Å². The second kappa shape index (κ2) is 10.6. The number of nitrogens with zero attached hydrogens (tertiary/aromatic N) is 2. The van der Waals surface area contributed by atoms with Gasteiger partial charge >= 0.3 is 5.97 Å². The van der Waals surface area contributed by atoms with Gasteiger partial charge in [0.25, 0.3) is 5.91 Å². The summed E-state index contributed by atoms with van der Waals surface area (Å²) in [6, 6.07) is 16.5. The predicted molar refractivity (Wildman–Crippen MR) is 144 cm³/mol. The van der Waals surface area contributed by atoms with Crippen LogP contribution >= 0.6 is 50.9 Å². The average molecular weight is 593 g/mol. The SMILES string of the molecule is COC(=O)c1cc2c(Br)nc(C(Sc3ccc(Cl)c(Cl)c3)c3ccc(C(=O)N(C)C)cc3)cc2[nH]1. The van der Waals surface area contributed by atoms with Crippen LogP contribution in [0.4, 0.5) is 0 Å². The molecule has 4 aromatic rings. The van der Waals surface area contributed by atoms with E-state index in [-0.39, 0.29) is 11.2 Å². The zero-order valence-electron chi connectivity index (χ0n) is 18.9. The van der Waals surface area contributed by atoms with Gasteiger partial charge in [0.15, 0.2) is 0 Å². The first-order valence-corrected chi connectivity index (χ1v) is 12.8. The van der Waals surface area contributed by atoms with Gasteiger partial charge in [-0.1, -0.05) is 35.3 Å². The number of methoxy groups -OCH3 is 1. The number of thioether (sulfide) groups is 1. The van der Waals surface area contributed by atoms with Crippen LogP contribution in [-0.2, 0) is 4.74 Å². The summed E-state index contributed by atoms with van der Waals surface area (Å²) >= 11 is 17.5. The van der Waals surface area contributed by atoms with Crippen LogP contribution in [0.3, 0.4) is 0 Å². The van der Waals surface area contributed by atoms with E-state index < -0.39 is 5.97 Å². The Kier molecular flexibility index (Phi) is 7.76. The van der Waals surface area contributed by atoms with Crippen molar-refractivity contribution in [1.82, 2.24) is 14.9 Å². The summed E-state index contributed by atoms with van der Waals surface area (Å²) in [5.74, 6) is -0.535.